The molecule has 13 heavy (non-hydrogen) atoms. The van der Waals surface area contributed by atoms with Gasteiger partial charge in [0.25, 0.3) is 0 Å². The Kier molecular flexibility index (Phi) is 2.47. The van der Waals surface area contributed by atoms with Gasteiger partial charge in [-0.15, -0.1) is 11.3 Å². The maximum absolute atomic E-state index is 4.17. The van der Waals surface area contributed by atoms with Gasteiger partial charge < -0.3 is 0 Å². The molecule has 0 atom stereocenters. The lowest BCUT2D eigenvalue weighted by Crippen LogP contribution is -1.77. The lowest BCUT2D eigenvalue weighted by molar-refractivity contribution is 1.37. The van der Waals surface area contributed by atoms with E-state index in [4.69, 9.17) is 0 Å². The highest BCUT2D eigenvalue weighted by Gasteiger charge is 2.03. The highest BCUT2D eigenvalue weighted by Crippen LogP contribution is 2.30. The molecule has 0 saturated heterocycles. The van der Waals surface area contributed by atoms with Crippen LogP contribution in [0.2, 0.25) is 0 Å². The molecule has 0 aliphatic heterocycles. The number of hydrogen-bond donors (Lipinski definition) is 0. The fraction of sp³-hybridized carbons (Fsp3) is 0.100. The number of aryl methyl sites for hydroxylation is 1. The van der Waals surface area contributed by atoms with Gasteiger partial charge in [-0.3, -0.25) is 0 Å². The Bertz CT molecular complexity index is 422. The predicted octanol–water partition coefficient (Wildman–Crippen LogP) is 3.88. The molecule has 3 heteroatoms. The summed E-state index contributed by atoms with van der Waals surface area (Å²) in [7, 11) is 0. The lowest BCUT2D eigenvalue weighted by Gasteiger charge is -1.99. The molecule has 1 nitrogen and oxygen atoms in total. The minimum absolute atomic E-state index is 0.936. The van der Waals surface area contributed by atoms with E-state index in [1.807, 2.05) is 6.20 Å². The zero-order valence-electron chi connectivity index (χ0n) is 7.12. The summed E-state index contributed by atoms with van der Waals surface area (Å²) in [5, 5.41) is 0. The van der Waals surface area contributed by atoms with Crippen LogP contribution in [0.3, 0.4) is 0 Å². The maximum atomic E-state index is 4.17. The van der Waals surface area contributed by atoms with Crippen molar-refractivity contribution in [3.8, 4) is 10.4 Å². The van der Waals surface area contributed by atoms with Crippen LogP contribution in [0, 0.1) is 6.92 Å². The molecule has 66 valence electrons. The monoisotopic (exact) mass is 253 g/mol. The average Bonchev–Trinajstić information content (AvgIpc) is 2.53. The van der Waals surface area contributed by atoms with Crippen LogP contribution < -0.4 is 0 Å². The van der Waals surface area contributed by atoms with E-state index in [0.717, 1.165) is 3.92 Å². The second-order valence-corrected chi connectivity index (χ2v) is 5.10. The Morgan fingerprint density at radius 1 is 1.31 bits per heavy atom. The summed E-state index contributed by atoms with van der Waals surface area (Å²) in [6.45, 7) is 2.11. The maximum Gasteiger partial charge on any atom is 0.159 e. The first-order chi connectivity index (χ1) is 6.27. The SMILES string of the molecule is Cc1ccccc1-c1cnc(Br)s1. The molecule has 0 bridgehead atoms. The van der Waals surface area contributed by atoms with Crippen LogP contribution in [0.15, 0.2) is 34.4 Å². The van der Waals surface area contributed by atoms with Crippen LogP contribution in [0.1, 0.15) is 5.56 Å². The fourth-order valence-corrected chi connectivity index (χ4v) is 2.58. The molecular weight excluding hydrogens is 246 g/mol. The van der Waals surface area contributed by atoms with Crippen molar-refractivity contribution in [1.29, 1.82) is 0 Å². The highest BCUT2D eigenvalue weighted by molar-refractivity contribution is 9.11. The first-order valence-electron chi connectivity index (χ1n) is 3.95. The number of hydrogen-bond acceptors (Lipinski definition) is 2. The van der Waals surface area contributed by atoms with Gasteiger partial charge in [-0.2, -0.15) is 0 Å². The largest absolute Gasteiger partial charge is 0.237 e. The summed E-state index contributed by atoms with van der Waals surface area (Å²) < 4.78 is 0.936. The molecular formula is C10H8BrNS. The quantitative estimate of drug-likeness (QED) is 0.752. The smallest absolute Gasteiger partial charge is 0.159 e. The van der Waals surface area contributed by atoms with Gasteiger partial charge in [0.05, 0.1) is 4.88 Å². The second-order valence-electron chi connectivity index (χ2n) is 2.79. The lowest BCUT2D eigenvalue weighted by atomic mass is 10.1. The van der Waals surface area contributed by atoms with Crippen LogP contribution >= 0.6 is 27.3 Å². The summed E-state index contributed by atoms with van der Waals surface area (Å²) in [6.07, 6.45) is 1.90. The summed E-state index contributed by atoms with van der Waals surface area (Å²) >= 11 is 5.02. The van der Waals surface area contributed by atoms with E-state index in [1.54, 1.807) is 11.3 Å². The zero-order chi connectivity index (χ0) is 9.26. The topological polar surface area (TPSA) is 12.9 Å². The molecule has 1 aromatic heterocycles. The van der Waals surface area contributed by atoms with Gasteiger partial charge in [0.2, 0.25) is 0 Å². The van der Waals surface area contributed by atoms with E-state index in [9.17, 15) is 0 Å². The summed E-state index contributed by atoms with van der Waals surface area (Å²) in [4.78, 5) is 5.38. The van der Waals surface area contributed by atoms with E-state index < -0.39 is 0 Å². The van der Waals surface area contributed by atoms with Gasteiger partial charge in [-0.05, 0) is 34.0 Å². The molecule has 0 aliphatic carbocycles. The predicted molar refractivity (Wildman–Crippen MR) is 60.0 cm³/mol. The van der Waals surface area contributed by atoms with E-state index in [1.165, 1.54) is 16.0 Å². The number of nitrogens with zero attached hydrogens (tertiary/aromatic N) is 1. The zero-order valence-corrected chi connectivity index (χ0v) is 9.52. The Morgan fingerprint density at radius 3 is 2.69 bits per heavy atom. The Morgan fingerprint density at radius 2 is 2.08 bits per heavy atom. The third kappa shape index (κ3) is 1.81. The van der Waals surface area contributed by atoms with Crippen molar-refractivity contribution in [2.24, 2.45) is 0 Å². The van der Waals surface area contributed by atoms with Crippen molar-refractivity contribution in [1.82, 2.24) is 4.98 Å². The molecule has 2 aromatic rings. The molecule has 0 amide bonds. The van der Waals surface area contributed by atoms with E-state index in [0.29, 0.717) is 0 Å². The van der Waals surface area contributed by atoms with Crippen molar-refractivity contribution >= 4 is 27.3 Å². The molecule has 0 aliphatic rings. The van der Waals surface area contributed by atoms with Crippen LogP contribution in [-0.2, 0) is 0 Å². The molecule has 2 rings (SSSR count). The Balaban J connectivity index is 2.52. The minimum atomic E-state index is 0.936. The first kappa shape index (κ1) is 8.91. The number of thiazole rings is 1. The van der Waals surface area contributed by atoms with Gasteiger partial charge in [-0.1, -0.05) is 24.3 Å². The third-order valence-electron chi connectivity index (χ3n) is 1.89. The number of rotatable bonds is 1. The third-order valence-corrected chi connectivity index (χ3v) is 3.40. The van der Waals surface area contributed by atoms with Crippen molar-refractivity contribution in [2.75, 3.05) is 0 Å². The second kappa shape index (κ2) is 3.60. The number of benzene rings is 1. The molecule has 0 unspecified atom stereocenters. The van der Waals surface area contributed by atoms with Crippen LogP contribution in [0.25, 0.3) is 10.4 Å². The molecule has 0 spiro atoms. The molecule has 1 aromatic carbocycles. The minimum Gasteiger partial charge on any atom is -0.237 e. The van der Waals surface area contributed by atoms with Gasteiger partial charge >= 0.3 is 0 Å². The van der Waals surface area contributed by atoms with E-state index in [-0.39, 0.29) is 0 Å². The van der Waals surface area contributed by atoms with Crippen molar-refractivity contribution < 1.29 is 0 Å². The molecule has 0 radical (unpaired) electrons. The first-order valence-corrected chi connectivity index (χ1v) is 5.55. The fourth-order valence-electron chi connectivity index (χ4n) is 1.23. The molecule has 0 fully saturated rings. The van der Waals surface area contributed by atoms with Crippen LogP contribution in [-0.4, -0.2) is 4.98 Å². The molecule has 0 N–H and O–H groups in total. The van der Waals surface area contributed by atoms with Gasteiger partial charge in [0.1, 0.15) is 0 Å². The number of halogens is 1. The van der Waals surface area contributed by atoms with E-state index >= 15 is 0 Å². The van der Waals surface area contributed by atoms with Crippen molar-refractivity contribution in [2.45, 2.75) is 6.92 Å². The standard InChI is InChI=1S/C10H8BrNS/c1-7-4-2-3-5-8(7)9-6-12-10(11)13-9/h2-6H,1H3. The average molecular weight is 254 g/mol. The molecule has 1 heterocycles. The number of aromatic nitrogens is 1. The van der Waals surface area contributed by atoms with Crippen molar-refractivity contribution in [3.05, 3.63) is 39.9 Å². The normalized spacial score (nSPS) is 10.3. The highest BCUT2D eigenvalue weighted by atomic mass is 79.9. The summed E-state index contributed by atoms with van der Waals surface area (Å²) in [6, 6.07) is 8.34. The van der Waals surface area contributed by atoms with E-state index in [2.05, 4.69) is 52.1 Å². The van der Waals surface area contributed by atoms with Crippen LogP contribution in [0.4, 0.5) is 0 Å². The summed E-state index contributed by atoms with van der Waals surface area (Å²) in [5.41, 5.74) is 2.56. The Labute approximate surface area is 89.6 Å². The van der Waals surface area contributed by atoms with Crippen LogP contribution in [0.5, 0.6) is 0 Å². The summed E-state index contributed by atoms with van der Waals surface area (Å²) in [5.74, 6) is 0. The Hall–Kier alpha value is -0.670. The molecule has 0 saturated carbocycles. The van der Waals surface area contributed by atoms with Gasteiger partial charge in [0.15, 0.2) is 3.92 Å². The van der Waals surface area contributed by atoms with Gasteiger partial charge in [0, 0.05) is 6.20 Å². The van der Waals surface area contributed by atoms with Crippen molar-refractivity contribution in [3.63, 3.8) is 0 Å². The van der Waals surface area contributed by atoms with Gasteiger partial charge in [-0.25, -0.2) is 4.98 Å².